The van der Waals surface area contributed by atoms with Gasteiger partial charge in [-0.15, -0.1) is 0 Å². The number of guanidine groups is 1. The summed E-state index contributed by atoms with van der Waals surface area (Å²) in [6.45, 7) is 7.94. The largest absolute Gasteiger partial charge is 0.393 e. The first-order valence-corrected chi connectivity index (χ1v) is 11.3. The summed E-state index contributed by atoms with van der Waals surface area (Å²) in [6.07, 6.45) is 7.56. The van der Waals surface area contributed by atoms with Crippen LogP contribution in [0.3, 0.4) is 0 Å². The molecule has 0 amide bonds. The van der Waals surface area contributed by atoms with E-state index >= 15 is 0 Å². The molecule has 1 saturated carbocycles. The minimum absolute atomic E-state index is 0.206. The molecule has 5 nitrogen and oxygen atoms in total. The van der Waals surface area contributed by atoms with Crippen molar-refractivity contribution in [3.63, 3.8) is 0 Å². The van der Waals surface area contributed by atoms with Gasteiger partial charge in [0.05, 0.1) is 18.3 Å². The van der Waals surface area contributed by atoms with Crippen LogP contribution in [0.25, 0.3) is 0 Å². The zero-order valence-corrected chi connectivity index (χ0v) is 18.0. The van der Waals surface area contributed by atoms with Crippen molar-refractivity contribution in [3.8, 4) is 0 Å². The van der Waals surface area contributed by atoms with E-state index in [0.29, 0.717) is 43.6 Å². The third-order valence-corrected chi connectivity index (χ3v) is 6.63. The second-order valence-corrected chi connectivity index (χ2v) is 8.61. The maximum Gasteiger partial charge on any atom is 0.191 e. The van der Waals surface area contributed by atoms with E-state index in [1.165, 1.54) is 32.1 Å². The summed E-state index contributed by atoms with van der Waals surface area (Å²) >= 11 is 0. The van der Waals surface area contributed by atoms with E-state index in [0.717, 1.165) is 24.6 Å². The fraction of sp³-hybridized carbons (Fsp3) is 0.696. The first-order valence-electron chi connectivity index (χ1n) is 11.3. The van der Waals surface area contributed by atoms with E-state index in [2.05, 4.69) is 29.5 Å². The average Bonchev–Trinajstić information content (AvgIpc) is 3.20. The van der Waals surface area contributed by atoms with Crippen LogP contribution < -0.4 is 15.5 Å². The molecule has 3 N–H and O–H groups in total. The monoisotopic (exact) mass is 404 g/mol. The van der Waals surface area contributed by atoms with Crippen molar-refractivity contribution in [2.24, 2.45) is 10.4 Å². The number of anilines is 1. The minimum Gasteiger partial charge on any atom is -0.393 e. The molecule has 1 heterocycles. The Balaban J connectivity index is 1.60. The Morgan fingerprint density at radius 2 is 1.93 bits per heavy atom. The number of halogens is 1. The SMILES string of the molecule is CCNC(=NCc1ccc(N2CCC(O)CC2)c(F)c1)NCC1(CC)CCCC1. The molecule has 6 heteroatoms. The Hall–Kier alpha value is -1.82. The van der Waals surface area contributed by atoms with Gasteiger partial charge in [-0.2, -0.15) is 0 Å². The molecular weight excluding hydrogens is 367 g/mol. The number of aliphatic hydroxyl groups is 1. The van der Waals surface area contributed by atoms with Crippen LogP contribution >= 0.6 is 0 Å². The van der Waals surface area contributed by atoms with Crippen LogP contribution in [0.4, 0.5) is 10.1 Å². The number of piperidine rings is 1. The lowest BCUT2D eigenvalue weighted by atomic mass is 9.83. The highest BCUT2D eigenvalue weighted by Crippen LogP contribution is 2.40. The van der Waals surface area contributed by atoms with Gasteiger partial charge in [-0.1, -0.05) is 25.8 Å². The smallest absolute Gasteiger partial charge is 0.191 e. The number of hydrogen-bond donors (Lipinski definition) is 3. The van der Waals surface area contributed by atoms with Crippen LogP contribution in [0.1, 0.15) is 64.4 Å². The summed E-state index contributed by atoms with van der Waals surface area (Å²) in [5.74, 6) is 0.602. The third kappa shape index (κ3) is 5.84. The lowest BCUT2D eigenvalue weighted by molar-refractivity contribution is 0.145. The lowest BCUT2D eigenvalue weighted by Gasteiger charge is -2.31. The molecule has 1 aromatic carbocycles. The van der Waals surface area contributed by atoms with Gasteiger partial charge >= 0.3 is 0 Å². The van der Waals surface area contributed by atoms with Crippen LogP contribution in [-0.2, 0) is 6.54 Å². The summed E-state index contributed by atoms with van der Waals surface area (Å²) in [5, 5.41) is 16.5. The number of nitrogens with zero attached hydrogens (tertiary/aromatic N) is 2. The van der Waals surface area contributed by atoms with Crippen molar-refractivity contribution >= 4 is 11.6 Å². The molecular formula is C23H37FN4O. The number of hydrogen-bond acceptors (Lipinski definition) is 3. The summed E-state index contributed by atoms with van der Waals surface area (Å²) in [6, 6.07) is 5.40. The Bertz CT molecular complexity index is 679. The van der Waals surface area contributed by atoms with Gasteiger partial charge in [-0.05, 0) is 62.1 Å². The Kier molecular flexibility index (Phi) is 7.76. The lowest BCUT2D eigenvalue weighted by Crippen LogP contribution is -2.42. The second kappa shape index (κ2) is 10.3. The maximum absolute atomic E-state index is 14.7. The Labute approximate surface area is 174 Å². The molecule has 0 unspecified atom stereocenters. The molecule has 2 aliphatic rings. The van der Waals surface area contributed by atoms with E-state index in [9.17, 15) is 9.50 Å². The fourth-order valence-corrected chi connectivity index (χ4v) is 4.58. The summed E-state index contributed by atoms with van der Waals surface area (Å²) in [7, 11) is 0. The molecule has 0 aromatic heterocycles. The van der Waals surface area contributed by atoms with Gasteiger partial charge < -0.3 is 20.6 Å². The van der Waals surface area contributed by atoms with Crippen LogP contribution in [-0.4, -0.2) is 43.3 Å². The highest BCUT2D eigenvalue weighted by molar-refractivity contribution is 5.79. The number of nitrogens with one attached hydrogen (secondary N) is 2. The molecule has 0 spiro atoms. The van der Waals surface area contributed by atoms with Crippen molar-refractivity contribution in [2.75, 3.05) is 31.1 Å². The highest BCUT2D eigenvalue weighted by Gasteiger charge is 2.31. The summed E-state index contributed by atoms with van der Waals surface area (Å²) < 4.78 is 14.7. The molecule has 1 aliphatic carbocycles. The van der Waals surface area contributed by atoms with Gasteiger partial charge in [0.2, 0.25) is 0 Å². The zero-order chi connectivity index (χ0) is 20.7. The topological polar surface area (TPSA) is 59.9 Å². The second-order valence-electron chi connectivity index (χ2n) is 8.61. The molecule has 2 fully saturated rings. The van der Waals surface area contributed by atoms with Crippen LogP contribution in [0.2, 0.25) is 0 Å². The highest BCUT2D eigenvalue weighted by atomic mass is 19.1. The zero-order valence-electron chi connectivity index (χ0n) is 18.0. The van der Waals surface area contributed by atoms with Gasteiger partial charge in [0.1, 0.15) is 5.82 Å². The Morgan fingerprint density at radius 1 is 1.21 bits per heavy atom. The quantitative estimate of drug-likeness (QED) is 0.478. The first-order chi connectivity index (χ1) is 14.0. The van der Waals surface area contributed by atoms with Gasteiger partial charge in [-0.25, -0.2) is 9.38 Å². The summed E-state index contributed by atoms with van der Waals surface area (Å²) in [4.78, 5) is 6.70. The van der Waals surface area contributed by atoms with Crippen molar-refractivity contribution in [1.29, 1.82) is 0 Å². The standard InChI is InChI=1S/C23H37FN4O/c1-3-23(11-5-6-12-23)17-27-22(25-4-2)26-16-18-7-8-21(20(24)15-18)28-13-9-19(29)10-14-28/h7-8,15,19,29H,3-6,9-14,16-17H2,1-2H3,(H2,25,26,27). The average molecular weight is 405 g/mol. The number of aliphatic hydroxyl groups excluding tert-OH is 1. The first kappa shape index (κ1) is 21.9. The van der Waals surface area contributed by atoms with Crippen molar-refractivity contribution < 1.29 is 9.50 Å². The number of benzene rings is 1. The summed E-state index contributed by atoms with van der Waals surface area (Å²) in [5.41, 5.74) is 1.89. The van der Waals surface area contributed by atoms with Gasteiger partial charge in [-0.3, -0.25) is 0 Å². The van der Waals surface area contributed by atoms with E-state index in [1.54, 1.807) is 6.07 Å². The van der Waals surface area contributed by atoms with Crippen LogP contribution in [0.15, 0.2) is 23.2 Å². The van der Waals surface area contributed by atoms with Crippen LogP contribution in [0.5, 0.6) is 0 Å². The molecule has 0 radical (unpaired) electrons. The minimum atomic E-state index is -0.254. The predicted octanol–water partition coefficient (Wildman–Crippen LogP) is 3.81. The van der Waals surface area contributed by atoms with Crippen molar-refractivity contribution in [1.82, 2.24) is 10.6 Å². The van der Waals surface area contributed by atoms with Gasteiger partial charge in [0.15, 0.2) is 5.96 Å². The molecule has 0 atom stereocenters. The normalized spacial score (nSPS) is 20.1. The molecule has 3 rings (SSSR count). The molecule has 162 valence electrons. The van der Waals surface area contributed by atoms with E-state index in [-0.39, 0.29) is 11.9 Å². The number of aliphatic imine (C=N–C) groups is 1. The fourth-order valence-electron chi connectivity index (χ4n) is 4.58. The van der Waals surface area contributed by atoms with E-state index in [4.69, 9.17) is 0 Å². The molecule has 1 aliphatic heterocycles. The van der Waals surface area contributed by atoms with E-state index < -0.39 is 0 Å². The van der Waals surface area contributed by atoms with Crippen LogP contribution in [0, 0.1) is 11.2 Å². The van der Waals surface area contributed by atoms with Gasteiger partial charge in [0, 0.05) is 26.2 Å². The van der Waals surface area contributed by atoms with Crippen molar-refractivity contribution in [2.45, 2.75) is 71.4 Å². The predicted molar refractivity (Wildman–Crippen MR) is 118 cm³/mol. The molecule has 1 aromatic rings. The maximum atomic E-state index is 14.7. The molecule has 0 bridgehead atoms. The third-order valence-electron chi connectivity index (χ3n) is 6.63. The van der Waals surface area contributed by atoms with Gasteiger partial charge in [0.25, 0.3) is 0 Å². The molecule has 1 saturated heterocycles. The van der Waals surface area contributed by atoms with E-state index in [1.807, 2.05) is 17.0 Å². The van der Waals surface area contributed by atoms with Crippen molar-refractivity contribution in [3.05, 3.63) is 29.6 Å². The Morgan fingerprint density at radius 3 is 2.55 bits per heavy atom. The number of rotatable bonds is 7. The molecule has 29 heavy (non-hydrogen) atoms.